The van der Waals surface area contributed by atoms with Gasteiger partial charge in [-0.25, -0.2) is 0 Å². The van der Waals surface area contributed by atoms with Gasteiger partial charge >= 0.3 is 14.8 Å². The van der Waals surface area contributed by atoms with E-state index >= 15 is 0 Å². The highest BCUT2D eigenvalue weighted by atomic mass is 28.4. The van der Waals surface area contributed by atoms with Gasteiger partial charge in [0.15, 0.2) is 0 Å². The monoisotopic (exact) mass is 404 g/mol. The quantitative estimate of drug-likeness (QED) is 0.198. The van der Waals surface area contributed by atoms with Gasteiger partial charge in [0, 0.05) is 27.4 Å². The molecule has 0 rings (SSSR count). The van der Waals surface area contributed by atoms with E-state index in [0.717, 1.165) is 19.3 Å². The Morgan fingerprint density at radius 2 is 1.19 bits per heavy atom. The summed E-state index contributed by atoms with van der Waals surface area (Å²) in [5, 5.41) is 0. The molecule has 0 aliphatic carbocycles. The van der Waals surface area contributed by atoms with Crippen molar-refractivity contribution in [2.75, 3.05) is 28.1 Å². The normalized spacial score (nSPS) is 14.9. The SMILES string of the molecule is CCC=COC(CC[Si](OC)(OC)OCOC)(OC=CCC)OC=CCC. The van der Waals surface area contributed by atoms with Gasteiger partial charge in [-0.1, -0.05) is 20.8 Å². The molecule has 0 saturated heterocycles. The molecule has 0 spiro atoms. The number of allylic oxidation sites excluding steroid dienone is 3. The Morgan fingerprint density at radius 1 is 0.741 bits per heavy atom. The second-order valence-corrected chi connectivity index (χ2v) is 8.49. The number of methoxy groups -OCH3 is 1. The molecule has 0 atom stereocenters. The first-order chi connectivity index (χ1) is 13.1. The summed E-state index contributed by atoms with van der Waals surface area (Å²) in [5.74, 6) is -1.35. The van der Waals surface area contributed by atoms with E-state index in [1.807, 2.05) is 39.0 Å². The molecule has 158 valence electrons. The van der Waals surface area contributed by atoms with Gasteiger partial charge in [0.1, 0.15) is 6.79 Å². The Balaban J connectivity index is 5.48. The zero-order valence-electron chi connectivity index (χ0n) is 17.6. The molecule has 0 amide bonds. The van der Waals surface area contributed by atoms with E-state index in [4.69, 9.17) is 32.2 Å². The van der Waals surface area contributed by atoms with Crippen LogP contribution in [0.2, 0.25) is 6.04 Å². The zero-order valence-corrected chi connectivity index (χ0v) is 18.6. The minimum absolute atomic E-state index is 0.0741. The molecule has 7 nitrogen and oxygen atoms in total. The van der Waals surface area contributed by atoms with Crippen LogP contribution in [0.25, 0.3) is 0 Å². The fourth-order valence-corrected chi connectivity index (χ4v) is 3.80. The summed E-state index contributed by atoms with van der Waals surface area (Å²) in [7, 11) is 1.70. The Bertz CT molecular complexity index is 393. The molecule has 0 N–H and O–H groups in total. The maximum atomic E-state index is 5.85. The van der Waals surface area contributed by atoms with Crippen molar-refractivity contribution in [2.24, 2.45) is 0 Å². The second kappa shape index (κ2) is 15.7. The lowest BCUT2D eigenvalue weighted by Gasteiger charge is -2.33. The summed E-state index contributed by atoms with van der Waals surface area (Å²) in [6.07, 6.45) is 13.2. The lowest BCUT2D eigenvalue weighted by molar-refractivity contribution is -0.319. The number of hydrogen-bond acceptors (Lipinski definition) is 7. The topological polar surface area (TPSA) is 64.6 Å². The standard InChI is InChI=1S/C19H36O7Si/c1-7-10-14-23-19(24-15-11-8-2,25-16-12-9-3)13-17-27(21-5,22-6)26-18-20-4/h10-12,14-16H,7-9,13,17-18H2,1-6H3. The highest BCUT2D eigenvalue weighted by Crippen LogP contribution is 2.29. The number of hydrogen-bond donors (Lipinski definition) is 0. The fraction of sp³-hybridized carbons (Fsp3) is 0.684. The largest absolute Gasteiger partial charge is 0.502 e. The van der Waals surface area contributed by atoms with Crippen molar-refractivity contribution in [1.82, 2.24) is 0 Å². The smallest absolute Gasteiger partial charge is 0.429 e. The molecule has 0 unspecified atom stereocenters. The molecule has 0 aromatic heterocycles. The second-order valence-electron chi connectivity index (χ2n) is 5.52. The molecular weight excluding hydrogens is 368 g/mol. The van der Waals surface area contributed by atoms with Crippen molar-refractivity contribution in [3.8, 4) is 0 Å². The lowest BCUT2D eigenvalue weighted by atomic mass is 10.4. The Hall–Kier alpha value is -1.32. The summed E-state index contributed by atoms with van der Waals surface area (Å²) < 4.78 is 39.4. The van der Waals surface area contributed by atoms with Gasteiger partial charge in [-0.15, -0.1) is 0 Å². The summed E-state index contributed by atoms with van der Waals surface area (Å²) in [6.45, 7) is 6.13. The molecule has 0 radical (unpaired) electrons. The molecule has 0 fully saturated rings. The summed E-state index contributed by atoms with van der Waals surface area (Å²) in [5.41, 5.74) is 0. The predicted molar refractivity (Wildman–Crippen MR) is 106 cm³/mol. The van der Waals surface area contributed by atoms with E-state index in [1.165, 1.54) is 0 Å². The van der Waals surface area contributed by atoms with Crippen molar-refractivity contribution in [2.45, 2.75) is 58.5 Å². The van der Waals surface area contributed by atoms with E-state index in [0.29, 0.717) is 12.5 Å². The maximum Gasteiger partial charge on any atom is 0.502 e. The van der Waals surface area contributed by atoms with Crippen molar-refractivity contribution in [3.63, 3.8) is 0 Å². The number of ether oxygens (including phenoxy) is 4. The first kappa shape index (κ1) is 25.7. The van der Waals surface area contributed by atoms with Gasteiger partial charge in [0.05, 0.1) is 25.2 Å². The van der Waals surface area contributed by atoms with E-state index in [1.54, 1.807) is 40.1 Å². The van der Waals surface area contributed by atoms with Crippen molar-refractivity contribution in [1.29, 1.82) is 0 Å². The minimum Gasteiger partial charge on any atom is -0.429 e. The molecular formula is C19H36O7Si. The van der Waals surface area contributed by atoms with Gasteiger partial charge in [-0.3, -0.25) is 0 Å². The highest BCUT2D eigenvalue weighted by Gasteiger charge is 2.45. The van der Waals surface area contributed by atoms with Crippen LogP contribution in [-0.2, 0) is 32.2 Å². The van der Waals surface area contributed by atoms with E-state index in [-0.39, 0.29) is 6.79 Å². The third-order valence-corrected chi connectivity index (χ3v) is 6.16. The van der Waals surface area contributed by atoms with Crippen LogP contribution in [0.4, 0.5) is 0 Å². The van der Waals surface area contributed by atoms with Crippen molar-refractivity contribution < 1.29 is 32.2 Å². The predicted octanol–water partition coefficient (Wildman–Crippen LogP) is 4.70. The van der Waals surface area contributed by atoms with Crippen LogP contribution in [0.1, 0.15) is 46.5 Å². The van der Waals surface area contributed by atoms with Gasteiger partial charge in [-0.05, 0) is 37.5 Å². The van der Waals surface area contributed by atoms with E-state index in [9.17, 15) is 0 Å². The molecule has 0 aliphatic heterocycles. The average molecular weight is 405 g/mol. The van der Waals surface area contributed by atoms with Gasteiger partial charge in [0.2, 0.25) is 0 Å². The van der Waals surface area contributed by atoms with E-state index < -0.39 is 14.8 Å². The number of rotatable bonds is 17. The third-order valence-electron chi connectivity index (χ3n) is 3.49. The molecule has 0 aromatic carbocycles. The average Bonchev–Trinajstić information content (AvgIpc) is 2.69. The summed E-state index contributed by atoms with van der Waals surface area (Å²) >= 11 is 0. The van der Waals surface area contributed by atoms with Crippen molar-refractivity contribution in [3.05, 3.63) is 37.0 Å². The molecule has 0 bridgehead atoms. The molecule has 27 heavy (non-hydrogen) atoms. The van der Waals surface area contributed by atoms with Crippen LogP contribution >= 0.6 is 0 Å². The molecule has 0 heterocycles. The molecule has 0 aliphatic rings. The van der Waals surface area contributed by atoms with Crippen LogP contribution < -0.4 is 0 Å². The minimum atomic E-state index is -2.95. The summed E-state index contributed by atoms with van der Waals surface area (Å²) in [4.78, 5) is 0. The van der Waals surface area contributed by atoms with Crippen LogP contribution in [-0.4, -0.2) is 42.9 Å². The third kappa shape index (κ3) is 10.6. The Morgan fingerprint density at radius 3 is 1.52 bits per heavy atom. The molecule has 0 saturated carbocycles. The van der Waals surface area contributed by atoms with Crippen molar-refractivity contribution >= 4 is 8.80 Å². The zero-order chi connectivity index (χ0) is 20.4. The summed E-state index contributed by atoms with van der Waals surface area (Å²) in [6, 6.07) is 0.406. The lowest BCUT2D eigenvalue weighted by Crippen LogP contribution is -2.47. The van der Waals surface area contributed by atoms with Crippen LogP contribution in [0.15, 0.2) is 37.0 Å². The van der Waals surface area contributed by atoms with Crippen LogP contribution in [0.5, 0.6) is 0 Å². The van der Waals surface area contributed by atoms with Gasteiger partial charge in [0.25, 0.3) is 0 Å². The van der Waals surface area contributed by atoms with Crippen LogP contribution in [0, 0.1) is 0 Å². The highest BCUT2D eigenvalue weighted by molar-refractivity contribution is 6.60. The molecule has 8 heteroatoms. The van der Waals surface area contributed by atoms with E-state index in [2.05, 4.69) is 0 Å². The maximum absolute atomic E-state index is 5.85. The van der Waals surface area contributed by atoms with Gasteiger partial charge in [-0.2, -0.15) is 0 Å². The van der Waals surface area contributed by atoms with Crippen LogP contribution in [0.3, 0.4) is 0 Å². The first-order valence-corrected chi connectivity index (χ1v) is 11.2. The fourth-order valence-electron chi connectivity index (χ4n) is 1.94. The van der Waals surface area contributed by atoms with Gasteiger partial charge < -0.3 is 32.2 Å². The Kier molecular flexibility index (Phi) is 14.9. The first-order valence-electron chi connectivity index (χ1n) is 9.29. The Labute approximate surface area is 165 Å². The molecule has 0 aromatic rings.